The van der Waals surface area contributed by atoms with Gasteiger partial charge in [0.15, 0.2) is 0 Å². The van der Waals surface area contributed by atoms with E-state index in [0.717, 1.165) is 57.8 Å². The van der Waals surface area contributed by atoms with Gasteiger partial charge in [-0.25, -0.2) is 0 Å². The Morgan fingerprint density at radius 1 is 0.571 bits per heavy atom. The lowest BCUT2D eigenvalue weighted by atomic mass is 9.46. The molecule has 3 rings (SSSR count). The first-order valence-corrected chi connectivity index (χ1v) is 14.9. The van der Waals surface area contributed by atoms with Gasteiger partial charge in [0.25, 0.3) is 0 Å². The SMILES string of the molecule is CC(C)C1CCC(C)(O)CC1C(N)(C1CC(C)(O)CCC1C(C)C)C1CC(C)(O)CCC1C(C)C. The molecule has 206 valence electrons. The van der Waals surface area contributed by atoms with E-state index in [1.807, 2.05) is 20.8 Å². The molecule has 4 nitrogen and oxygen atoms in total. The Morgan fingerprint density at radius 2 is 0.800 bits per heavy atom. The summed E-state index contributed by atoms with van der Waals surface area (Å²) in [6.45, 7) is 20.0. The van der Waals surface area contributed by atoms with Crippen LogP contribution in [-0.2, 0) is 0 Å². The second kappa shape index (κ2) is 10.2. The first-order chi connectivity index (χ1) is 15.9. The molecule has 0 spiro atoms. The molecule has 3 fully saturated rings. The Balaban J connectivity index is 2.24. The number of rotatable bonds is 6. The highest BCUT2D eigenvalue weighted by Gasteiger charge is 2.60. The van der Waals surface area contributed by atoms with Crippen LogP contribution in [0.3, 0.4) is 0 Å². The van der Waals surface area contributed by atoms with Crippen LogP contribution < -0.4 is 5.73 Å². The summed E-state index contributed by atoms with van der Waals surface area (Å²) >= 11 is 0. The molecule has 3 aliphatic carbocycles. The van der Waals surface area contributed by atoms with Gasteiger partial charge in [0.1, 0.15) is 0 Å². The topological polar surface area (TPSA) is 86.7 Å². The summed E-state index contributed by atoms with van der Waals surface area (Å²) in [6, 6.07) is 0. The summed E-state index contributed by atoms with van der Waals surface area (Å²) in [5, 5.41) is 34.2. The zero-order valence-corrected chi connectivity index (χ0v) is 24.5. The smallest absolute Gasteiger partial charge is 0.0623 e. The first kappa shape index (κ1) is 29.4. The van der Waals surface area contributed by atoms with Crippen LogP contribution in [-0.4, -0.2) is 37.7 Å². The van der Waals surface area contributed by atoms with Crippen molar-refractivity contribution in [1.29, 1.82) is 0 Å². The lowest BCUT2D eigenvalue weighted by Gasteiger charge is -2.63. The minimum atomic E-state index is -0.713. The fraction of sp³-hybridized carbons (Fsp3) is 1.00. The molecule has 0 radical (unpaired) electrons. The second-order valence-corrected chi connectivity index (χ2v) is 15.3. The van der Waals surface area contributed by atoms with Gasteiger partial charge in [-0.1, -0.05) is 41.5 Å². The van der Waals surface area contributed by atoms with Crippen LogP contribution in [0.5, 0.6) is 0 Å². The first-order valence-electron chi connectivity index (χ1n) is 14.9. The number of aliphatic hydroxyl groups is 3. The molecular weight excluding hydrogens is 434 g/mol. The van der Waals surface area contributed by atoms with E-state index in [2.05, 4.69) is 41.5 Å². The fourth-order valence-electron chi connectivity index (χ4n) is 9.08. The summed E-state index contributed by atoms with van der Waals surface area (Å²) in [5.41, 5.74) is 5.36. The van der Waals surface area contributed by atoms with Crippen LogP contribution in [0.25, 0.3) is 0 Å². The van der Waals surface area contributed by atoms with Gasteiger partial charge < -0.3 is 21.1 Å². The van der Waals surface area contributed by atoms with Crippen molar-refractivity contribution in [3.63, 3.8) is 0 Å². The zero-order valence-electron chi connectivity index (χ0n) is 24.5. The van der Waals surface area contributed by atoms with Gasteiger partial charge in [0.2, 0.25) is 0 Å². The molecule has 3 aliphatic rings. The van der Waals surface area contributed by atoms with E-state index in [0.29, 0.717) is 35.5 Å². The van der Waals surface area contributed by atoms with E-state index < -0.39 is 22.3 Å². The Morgan fingerprint density at radius 3 is 1.00 bits per heavy atom. The highest BCUT2D eigenvalue weighted by atomic mass is 16.3. The highest BCUT2D eigenvalue weighted by Crippen LogP contribution is 2.59. The lowest BCUT2D eigenvalue weighted by molar-refractivity contribution is -0.147. The molecular formula is C31H59NO3. The summed E-state index contributed by atoms with van der Waals surface area (Å²) in [7, 11) is 0. The molecule has 0 aromatic heterocycles. The van der Waals surface area contributed by atoms with E-state index >= 15 is 0 Å². The molecule has 3 saturated carbocycles. The van der Waals surface area contributed by atoms with Crippen molar-refractivity contribution in [1.82, 2.24) is 0 Å². The van der Waals surface area contributed by atoms with Gasteiger partial charge >= 0.3 is 0 Å². The molecule has 4 heteroatoms. The van der Waals surface area contributed by atoms with Crippen LogP contribution >= 0.6 is 0 Å². The Hall–Kier alpha value is -0.160. The molecule has 0 amide bonds. The highest BCUT2D eigenvalue weighted by molar-refractivity contribution is 5.14. The normalized spacial score (nSPS) is 47.3. The predicted molar refractivity (Wildman–Crippen MR) is 146 cm³/mol. The second-order valence-electron chi connectivity index (χ2n) is 15.3. The average Bonchev–Trinajstić information content (AvgIpc) is 2.70. The van der Waals surface area contributed by atoms with Crippen LogP contribution in [0.4, 0.5) is 0 Å². The van der Waals surface area contributed by atoms with E-state index in [1.54, 1.807) is 0 Å². The minimum absolute atomic E-state index is 0.173. The standard InChI is InChI=1S/C31H59NO3/c1-19(2)22-10-13-28(7,33)16-25(22)31(32,26-17-29(8,34)14-11-23(26)20(3)4)27-18-30(9,35)15-12-24(27)21(5)6/h19-27,33-35H,10-18,32H2,1-9H3. The van der Waals surface area contributed by atoms with Gasteiger partial charge in [0.05, 0.1) is 16.8 Å². The molecule has 9 atom stereocenters. The van der Waals surface area contributed by atoms with Crippen molar-refractivity contribution in [2.75, 3.05) is 0 Å². The van der Waals surface area contributed by atoms with Crippen molar-refractivity contribution >= 4 is 0 Å². The largest absolute Gasteiger partial charge is 0.390 e. The minimum Gasteiger partial charge on any atom is -0.390 e. The number of hydrogen-bond acceptors (Lipinski definition) is 4. The molecule has 35 heavy (non-hydrogen) atoms. The van der Waals surface area contributed by atoms with Gasteiger partial charge in [-0.3, -0.25) is 0 Å². The fourth-order valence-corrected chi connectivity index (χ4v) is 9.08. The van der Waals surface area contributed by atoms with Gasteiger partial charge in [0, 0.05) is 5.54 Å². The molecule has 0 aromatic carbocycles. The van der Waals surface area contributed by atoms with Crippen molar-refractivity contribution in [2.45, 2.75) is 142 Å². The van der Waals surface area contributed by atoms with Crippen molar-refractivity contribution in [3.05, 3.63) is 0 Å². The van der Waals surface area contributed by atoms with E-state index in [9.17, 15) is 15.3 Å². The third-order valence-electron chi connectivity index (χ3n) is 11.1. The third kappa shape index (κ3) is 6.13. The zero-order chi connectivity index (χ0) is 26.6. The molecule has 5 N–H and O–H groups in total. The average molecular weight is 494 g/mol. The van der Waals surface area contributed by atoms with Gasteiger partial charge in [-0.15, -0.1) is 0 Å². The van der Waals surface area contributed by atoms with Crippen molar-refractivity contribution < 1.29 is 15.3 Å². The molecule has 0 saturated heterocycles. The number of nitrogens with two attached hydrogens (primary N) is 1. The Bertz CT molecular complexity index is 617. The van der Waals surface area contributed by atoms with Crippen LogP contribution in [0.2, 0.25) is 0 Å². The van der Waals surface area contributed by atoms with Crippen molar-refractivity contribution in [3.8, 4) is 0 Å². The van der Waals surface area contributed by atoms with E-state index in [-0.39, 0.29) is 17.8 Å². The monoisotopic (exact) mass is 493 g/mol. The lowest BCUT2D eigenvalue weighted by Crippen LogP contribution is -2.69. The summed E-state index contributed by atoms with van der Waals surface area (Å²) in [6.07, 6.45) is 7.65. The number of hydrogen-bond donors (Lipinski definition) is 4. The van der Waals surface area contributed by atoms with Crippen LogP contribution in [0.1, 0.15) is 120 Å². The molecule has 0 heterocycles. The predicted octanol–water partition coefficient (Wildman–Crippen LogP) is 6.15. The molecule has 0 aliphatic heterocycles. The maximum absolute atomic E-state index is 11.4. The summed E-state index contributed by atoms with van der Waals surface area (Å²) < 4.78 is 0. The van der Waals surface area contributed by atoms with E-state index in [1.165, 1.54) is 0 Å². The Kier molecular flexibility index (Phi) is 8.56. The van der Waals surface area contributed by atoms with Crippen molar-refractivity contribution in [2.24, 2.45) is 59.0 Å². The van der Waals surface area contributed by atoms with Crippen LogP contribution in [0.15, 0.2) is 0 Å². The summed E-state index contributed by atoms with van der Waals surface area (Å²) in [5.74, 6) is 3.31. The van der Waals surface area contributed by atoms with E-state index in [4.69, 9.17) is 5.73 Å². The van der Waals surface area contributed by atoms with Gasteiger partial charge in [-0.05, 0) is 132 Å². The summed E-state index contributed by atoms with van der Waals surface area (Å²) in [4.78, 5) is 0. The Labute approximate surface area is 216 Å². The quantitative estimate of drug-likeness (QED) is 0.357. The molecule has 0 aromatic rings. The molecule has 9 unspecified atom stereocenters. The van der Waals surface area contributed by atoms with Crippen LogP contribution in [0, 0.1) is 53.3 Å². The maximum Gasteiger partial charge on any atom is 0.0623 e. The van der Waals surface area contributed by atoms with Gasteiger partial charge in [-0.2, -0.15) is 0 Å². The molecule has 0 bridgehead atoms. The maximum atomic E-state index is 11.4. The third-order valence-corrected chi connectivity index (χ3v) is 11.1.